The molecule has 0 atom stereocenters. The smallest absolute Gasteiger partial charge is 0.229 e. The van der Waals surface area contributed by atoms with Crippen molar-refractivity contribution < 1.29 is 18.3 Å². The summed E-state index contributed by atoms with van der Waals surface area (Å²) >= 11 is 6.45. The predicted octanol–water partition coefficient (Wildman–Crippen LogP) is 7.29. The summed E-state index contributed by atoms with van der Waals surface area (Å²) in [5.41, 5.74) is 0.938. The molecule has 10 nitrogen and oxygen atoms in total. The lowest BCUT2D eigenvalue weighted by molar-refractivity contribution is 0.148. The molecule has 0 unspecified atom stereocenters. The second kappa shape index (κ2) is 12.8. The third-order valence-electron chi connectivity index (χ3n) is 7.96. The molecule has 1 aliphatic heterocycles. The lowest BCUT2D eigenvalue weighted by Gasteiger charge is -2.35. The molecule has 0 amide bonds. The second-order valence-electron chi connectivity index (χ2n) is 12.1. The van der Waals surface area contributed by atoms with Gasteiger partial charge in [-0.1, -0.05) is 23.7 Å². The van der Waals surface area contributed by atoms with Crippen LogP contribution in [0.3, 0.4) is 0 Å². The minimum absolute atomic E-state index is 0.105. The topological polar surface area (TPSA) is 122 Å². The minimum atomic E-state index is -3.56. The summed E-state index contributed by atoms with van der Waals surface area (Å²) < 4.78 is 34.1. The van der Waals surface area contributed by atoms with Crippen LogP contribution in [0.4, 0.5) is 23.1 Å². The van der Waals surface area contributed by atoms with Gasteiger partial charge in [0.2, 0.25) is 5.95 Å². The summed E-state index contributed by atoms with van der Waals surface area (Å²) in [7, 11) is -3.56. The van der Waals surface area contributed by atoms with Gasteiger partial charge in [-0.3, -0.25) is 0 Å². The summed E-state index contributed by atoms with van der Waals surface area (Å²) in [6.07, 6.45) is 5.26. The molecule has 0 saturated carbocycles. The molecule has 0 bridgehead atoms. The van der Waals surface area contributed by atoms with Crippen molar-refractivity contribution in [1.82, 2.24) is 19.4 Å². The maximum Gasteiger partial charge on any atom is 0.229 e. The van der Waals surface area contributed by atoms with E-state index in [0.29, 0.717) is 28.6 Å². The van der Waals surface area contributed by atoms with Gasteiger partial charge in [0.15, 0.2) is 21.5 Å². The lowest BCUT2D eigenvalue weighted by Crippen LogP contribution is -2.38. The van der Waals surface area contributed by atoms with Crippen LogP contribution >= 0.6 is 11.6 Å². The van der Waals surface area contributed by atoms with Gasteiger partial charge in [0.1, 0.15) is 10.8 Å². The fraction of sp³-hybridized carbons (Fsp3) is 0.438. The Balaban J connectivity index is 1.47. The van der Waals surface area contributed by atoms with Crippen LogP contribution in [0, 0.1) is 0 Å². The fourth-order valence-corrected chi connectivity index (χ4v) is 6.83. The number of likely N-dealkylation sites (tertiary alicyclic amines) is 1. The van der Waals surface area contributed by atoms with Crippen molar-refractivity contribution >= 4 is 55.4 Å². The highest BCUT2D eigenvalue weighted by Gasteiger charge is 2.26. The molecule has 0 aliphatic carbocycles. The van der Waals surface area contributed by atoms with Crippen LogP contribution in [0.15, 0.2) is 53.7 Å². The normalized spacial score (nSPS) is 15.0. The monoisotopic (exact) mass is 640 g/mol. The number of aromatic nitrogens is 3. The molecule has 1 saturated heterocycles. The van der Waals surface area contributed by atoms with Crippen molar-refractivity contribution in [3.63, 3.8) is 0 Å². The van der Waals surface area contributed by atoms with Gasteiger partial charge < -0.3 is 29.9 Å². The third kappa shape index (κ3) is 6.60. The number of anilines is 4. The quantitative estimate of drug-likeness (QED) is 0.164. The Kier molecular flexibility index (Phi) is 9.29. The Hall–Kier alpha value is -3.54. The van der Waals surface area contributed by atoms with E-state index >= 15 is 0 Å². The second-order valence-corrected chi connectivity index (χ2v) is 14.9. The standard InChI is InChI=1S/C32H41ClN6O4S/c1-19(2)38-13-11-23(12-14-38)39-18-22-15-28(43-20(3)4)27(16-24(22)31(39)40)36-32-34-17-25(33)30(37-32)35-26-9-7-8-10-29(26)44(41,42)21(5)6/h7-10,15-21,23,40H,11-14H2,1-6H3,(H2,34,35,36,37). The number of rotatable bonds is 10. The number of benzene rings is 2. The maximum absolute atomic E-state index is 13.0. The number of para-hydroxylation sites is 1. The molecule has 5 rings (SSSR count). The Morgan fingerprint density at radius 2 is 1.73 bits per heavy atom. The van der Waals surface area contributed by atoms with E-state index in [1.807, 2.05) is 36.7 Å². The van der Waals surface area contributed by atoms with Crippen molar-refractivity contribution in [3.05, 3.63) is 53.8 Å². The van der Waals surface area contributed by atoms with Gasteiger partial charge >= 0.3 is 0 Å². The molecular weight excluding hydrogens is 600 g/mol. The molecule has 0 radical (unpaired) electrons. The highest BCUT2D eigenvalue weighted by atomic mass is 35.5. The van der Waals surface area contributed by atoms with Crippen LogP contribution in [0.2, 0.25) is 5.02 Å². The van der Waals surface area contributed by atoms with E-state index in [-0.39, 0.29) is 39.7 Å². The molecule has 1 fully saturated rings. The molecule has 0 spiro atoms. The molecule has 1 aliphatic rings. The number of halogens is 1. The highest BCUT2D eigenvalue weighted by molar-refractivity contribution is 7.92. The van der Waals surface area contributed by atoms with Crippen molar-refractivity contribution in [2.45, 2.75) is 82.7 Å². The zero-order valence-electron chi connectivity index (χ0n) is 26.0. The average molecular weight is 641 g/mol. The number of nitrogens with zero attached hydrogens (tertiary/aromatic N) is 4. The van der Waals surface area contributed by atoms with Gasteiger partial charge in [-0.25, -0.2) is 13.4 Å². The maximum atomic E-state index is 13.0. The van der Waals surface area contributed by atoms with Gasteiger partial charge in [-0.05, 0) is 78.6 Å². The van der Waals surface area contributed by atoms with Crippen molar-refractivity contribution in [2.75, 3.05) is 23.7 Å². The Bertz CT molecular complexity index is 1750. The summed E-state index contributed by atoms with van der Waals surface area (Å²) in [6, 6.07) is 11.1. The number of piperidine rings is 1. The average Bonchev–Trinajstić information content (AvgIpc) is 3.29. The number of hydrogen-bond acceptors (Lipinski definition) is 9. The molecule has 236 valence electrons. The molecule has 2 aromatic carbocycles. The van der Waals surface area contributed by atoms with Crippen LogP contribution in [0.25, 0.3) is 10.8 Å². The summed E-state index contributed by atoms with van der Waals surface area (Å²) in [6.45, 7) is 13.6. The number of hydrogen-bond donors (Lipinski definition) is 3. The number of aromatic hydroxyl groups is 1. The van der Waals surface area contributed by atoms with E-state index in [1.54, 1.807) is 38.1 Å². The van der Waals surface area contributed by atoms with Gasteiger partial charge in [-0.2, -0.15) is 4.98 Å². The van der Waals surface area contributed by atoms with E-state index in [0.717, 1.165) is 31.3 Å². The van der Waals surface area contributed by atoms with E-state index in [4.69, 9.17) is 16.3 Å². The SMILES string of the molecule is CC(C)Oc1cc2cn(C3CCN(C(C)C)CC3)c(O)c2cc1Nc1ncc(Cl)c(Nc2ccccc2S(=O)(=O)C(C)C)n1. The lowest BCUT2D eigenvalue weighted by atomic mass is 10.0. The first-order valence-electron chi connectivity index (χ1n) is 15.0. The number of sulfone groups is 1. The van der Waals surface area contributed by atoms with E-state index in [9.17, 15) is 13.5 Å². The van der Waals surface area contributed by atoms with E-state index in [2.05, 4.69) is 39.3 Å². The third-order valence-corrected chi connectivity index (χ3v) is 10.4. The molecule has 2 aromatic heterocycles. The molecule has 12 heteroatoms. The minimum Gasteiger partial charge on any atom is -0.494 e. The molecule has 44 heavy (non-hydrogen) atoms. The number of ether oxygens (including phenoxy) is 1. The Morgan fingerprint density at radius 1 is 1.02 bits per heavy atom. The highest BCUT2D eigenvalue weighted by Crippen LogP contribution is 2.41. The number of nitrogens with one attached hydrogen (secondary N) is 2. The summed E-state index contributed by atoms with van der Waals surface area (Å²) in [5.74, 6) is 1.25. The van der Waals surface area contributed by atoms with Gasteiger partial charge in [0.25, 0.3) is 0 Å². The first-order chi connectivity index (χ1) is 20.8. The number of fused-ring (bicyclic) bond motifs is 1. The van der Waals surface area contributed by atoms with Crippen LogP contribution in [-0.4, -0.2) is 63.4 Å². The van der Waals surface area contributed by atoms with Crippen LogP contribution in [0.5, 0.6) is 11.6 Å². The fourth-order valence-electron chi connectivity index (χ4n) is 5.49. The van der Waals surface area contributed by atoms with Gasteiger partial charge in [0, 0.05) is 42.1 Å². The largest absolute Gasteiger partial charge is 0.494 e. The van der Waals surface area contributed by atoms with Crippen LogP contribution < -0.4 is 15.4 Å². The predicted molar refractivity (Wildman–Crippen MR) is 177 cm³/mol. The summed E-state index contributed by atoms with van der Waals surface area (Å²) in [4.78, 5) is 11.5. The Labute approximate surface area is 264 Å². The van der Waals surface area contributed by atoms with Crippen molar-refractivity contribution in [2.24, 2.45) is 0 Å². The van der Waals surface area contributed by atoms with E-state index < -0.39 is 15.1 Å². The molecular formula is C32H41ClN6O4S. The Morgan fingerprint density at radius 3 is 2.39 bits per heavy atom. The van der Waals surface area contributed by atoms with Crippen LogP contribution in [-0.2, 0) is 9.84 Å². The molecule has 4 aromatic rings. The molecule has 3 N–H and O–H groups in total. The van der Waals surface area contributed by atoms with E-state index in [1.165, 1.54) is 6.20 Å². The van der Waals surface area contributed by atoms with Crippen molar-refractivity contribution in [3.8, 4) is 11.6 Å². The van der Waals surface area contributed by atoms with Crippen LogP contribution in [0.1, 0.15) is 60.4 Å². The van der Waals surface area contributed by atoms with Crippen molar-refractivity contribution in [1.29, 1.82) is 0 Å². The van der Waals surface area contributed by atoms with Gasteiger partial charge in [0.05, 0.1) is 33.8 Å². The zero-order valence-corrected chi connectivity index (χ0v) is 27.6. The molecule has 3 heterocycles. The first-order valence-corrected chi connectivity index (χ1v) is 16.9. The zero-order chi connectivity index (χ0) is 31.8. The summed E-state index contributed by atoms with van der Waals surface area (Å²) in [5, 5.41) is 18.8. The van der Waals surface area contributed by atoms with Gasteiger partial charge in [-0.15, -0.1) is 0 Å². The first kappa shape index (κ1) is 31.9.